The number of benzene rings is 3. The van der Waals surface area contributed by atoms with Gasteiger partial charge in [-0.2, -0.15) is 23.8 Å². The van der Waals surface area contributed by atoms with E-state index < -0.39 is 10.1 Å². The van der Waals surface area contributed by atoms with Crippen molar-refractivity contribution < 1.29 is 22.4 Å². The molecule has 0 spiro atoms. The summed E-state index contributed by atoms with van der Waals surface area (Å²) in [6.45, 7) is 3.71. The topological polar surface area (TPSA) is 148 Å². The molecule has 3 aromatic carbocycles. The lowest BCUT2D eigenvalue weighted by Gasteiger charge is -2.09. The van der Waals surface area contributed by atoms with Crippen LogP contribution in [0.3, 0.4) is 0 Å². The quantitative estimate of drug-likeness (QED) is 0.247. The fourth-order valence-corrected chi connectivity index (χ4v) is 3.38. The zero-order valence-corrected chi connectivity index (χ0v) is 19.3. The van der Waals surface area contributed by atoms with Gasteiger partial charge in [-0.15, -0.1) is 5.11 Å². The van der Waals surface area contributed by atoms with Crippen LogP contribution in [0, 0.1) is 13.8 Å². The van der Waals surface area contributed by atoms with Gasteiger partial charge >= 0.3 is 0 Å². The van der Waals surface area contributed by atoms with Crippen LogP contribution in [-0.4, -0.2) is 27.2 Å². The molecule has 0 aliphatic carbocycles. The Morgan fingerprint density at radius 3 is 1.85 bits per heavy atom. The Labute approximate surface area is 191 Å². The predicted octanol–water partition coefficient (Wildman–Crippen LogP) is 5.98. The molecule has 11 heteroatoms. The van der Waals surface area contributed by atoms with Gasteiger partial charge in [0.2, 0.25) is 0 Å². The van der Waals surface area contributed by atoms with Gasteiger partial charge in [0.15, 0.2) is 0 Å². The summed E-state index contributed by atoms with van der Waals surface area (Å²) in [5, 5.41) is 17.0. The Bertz CT molecular complexity index is 1340. The summed E-state index contributed by atoms with van der Waals surface area (Å²) < 4.78 is 42.0. The second kappa shape index (κ2) is 9.76. The van der Waals surface area contributed by atoms with Gasteiger partial charge in [-0.1, -0.05) is 0 Å². The molecule has 0 saturated carbocycles. The van der Waals surface area contributed by atoms with Crippen LogP contribution < -0.4 is 15.2 Å². The summed E-state index contributed by atoms with van der Waals surface area (Å²) in [4.78, 5) is -0.219. The van der Waals surface area contributed by atoms with Crippen molar-refractivity contribution in [3.05, 3.63) is 59.7 Å². The van der Waals surface area contributed by atoms with Crippen LogP contribution in [0.1, 0.15) is 11.1 Å². The van der Waals surface area contributed by atoms with Gasteiger partial charge in [0.05, 0.1) is 41.9 Å². The van der Waals surface area contributed by atoms with E-state index in [1.54, 1.807) is 24.3 Å². The van der Waals surface area contributed by atoms with E-state index in [0.29, 0.717) is 39.9 Å². The minimum Gasteiger partial charge on any atom is -0.495 e. The van der Waals surface area contributed by atoms with Gasteiger partial charge in [-0.25, -0.2) is 0 Å². The first kappa shape index (κ1) is 23.8. The Morgan fingerprint density at radius 1 is 0.758 bits per heavy atom. The summed E-state index contributed by atoms with van der Waals surface area (Å²) in [6.07, 6.45) is 0. The lowest BCUT2D eigenvalue weighted by atomic mass is 10.1. The van der Waals surface area contributed by atoms with Crippen molar-refractivity contribution in [2.24, 2.45) is 20.5 Å². The molecule has 3 N–H and O–H groups in total. The summed E-state index contributed by atoms with van der Waals surface area (Å²) >= 11 is 0. The molecule has 0 saturated heterocycles. The number of nitrogens with zero attached hydrogens (tertiary/aromatic N) is 4. The zero-order valence-electron chi connectivity index (χ0n) is 18.5. The second-order valence-electron chi connectivity index (χ2n) is 7.06. The minimum atomic E-state index is -4.26. The Morgan fingerprint density at radius 2 is 1.27 bits per heavy atom. The third-order valence-corrected chi connectivity index (χ3v) is 5.59. The molecule has 0 bridgehead atoms. The molecule has 0 fully saturated rings. The van der Waals surface area contributed by atoms with Gasteiger partial charge in [-0.05, 0) is 61.4 Å². The highest BCUT2D eigenvalue weighted by Gasteiger charge is 2.11. The minimum absolute atomic E-state index is 0.219. The highest BCUT2D eigenvalue weighted by atomic mass is 32.2. The van der Waals surface area contributed by atoms with Crippen LogP contribution in [0.2, 0.25) is 0 Å². The molecule has 3 aromatic rings. The molecule has 0 unspecified atom stereocenters. The molecule has 0 aromatic heterocycles. The summed E-state index contributed by atoms with van der Waals surface area (Å²) in [6, 6.07) is 12.3. The number of hydrogen-bond donors (Lipinski definition) is 2. The van der Waals surface area contributed by atoms with Crippen molar-refractivity contribution in [3.63, 3.8) is 0 Å². The Hall–Kier alpha value is -3.83. The van der Waals surface area contributed by atoms with Crippen molar-refractivity contribution in [1.29, 1.82) is 0 Å². The number of rotatable bonds is 7. The number of nitrogen functional groups attached to an aromatic ring is 1. The van der Waals surface area contributed by atoms with Crippen LogP contribution in [0.4, 0.5) is 28.4 Å². The monoisotopic (exact) mass is 469 g/mol. The maximum absolute atomic E-state index is 11.1. The number of methoxy groups -OCH3 is 2. The molecule has 0 atom stereocenters. The van der Waals surface area contributed by atoms with Gasteiger partial charge in [0.25, 0.3) is 10.1 Å². The van der Waals surface area contributed by atoms with Crippen LogP contribution >= 0.6 is 0 Å². The van der Waals surface area contributed by atoms with E-state index in [4.69, 9.17) is 19.8 Å². The molecule has 0 aliphatic heterocycles. The van der Waals surface area contributed by atoms with Crippen LogP contribution in [0.25, 0.3) is 0 Å². The number of ether oxygens (including phenoxy) is 2. The molecule has 0 aliphatic rings. The number of anilines is 1. The van der Waals surface area contributed by atoms with Gasteiger partial charge in [0.1, 0.15) is 17.2 Å². The predicted molar refractivity (Wildman–Crippen MR) is 124 cm³/mol. The highest BCUT2D eigenvalue weighted by Crippen LogP contribution is 2.38. The lowest BCUT2D eigenvalue weighted by Crippen LogP contribution is -1.96. The fourth-order valence-electron chi connectivity index (χ4n) is 2.90. The van der Waals surface area contributed by atoms with Crippen LogP contribution in [0.15, 0.2) is 73.9 Å². The first-order valence-corrected chi connectivity index (χ1v) is 11.1. The van der Waals surface area contributed by atoms with Crippen molar-refractivity contribution in [2.75, 3.05) is 20.0 Å². The van der Waals surface area contributed by atoms with E-state index in [0.717, 1.165) is 11.1 Å². The summed E-state index contributed by atoms with van der Waals surface area (Å²) in [5.41, 5.74) is 10.1. The van der Waals surface area contributed by atoms with Gasteiger partial charge in [0, 0.05) is 12.1 Å². The van der Waals surface area contributed by atoms with E-state index in [2.05, 4.69) is 20.5 Å². The lowest BCUT2D eigenvalue weighted by molar-refractivity contribution is 0.415. The molecule has 172 valence electrons. The largest absolute Gasteiger partial charge is 0.495 e. The van der Waals surface area contributed by atoms with Crippen molar-refractivity contribution >= 4 is 38.6 Å². The maximum Gasteiger partial charge on any atom is 0.294 e. The van der Waals surface area contributed by atoms with Crippen molar-refractivity contribution in [3.8, 4) is 11.5 Å². The molecule has 33 heavy (non-hydrogen) atoms. The van der Waals surface area contributed by atoms with Gasteiger partial charge < -0.3 is 15.2 Å². The molecular formula is C22H23N5O5S. The zero-order chi connectivity index (χ0) is 24.2. The van der Waals surface area contributed by atoms with Crippen molar-refractivity contribution in [2.45, 2.75) is 18.7 Å². The van der Waals surface area contributed by atoms with Crippen molar-refractivity contribution in [1.82, 2.24) is 0 Å². The van der Waals surface area contributed by atoms with E-state index in [-0.39, 0.29) is 4.90 Å². The van der Waals surface area contributed by atoms with E-state index >= 15 is 0 Å². The first-order valence-electron chi connectivity index (χ1n) is 9.66. The fraction of sp³-hybridized carbons (Fsp3) is 0.182. The summed E-state index contributed by atoms with van der Waals surface area (Å²) in [5.74, 6) is 0.957. The summed E-state index contributed by atoms with van der Waals surface area (Å²) in [7, 11) is -1.22. The Balaban J connectivity index is 1.88. The third-order valence-electron chi connectivity index (χ3n) is 4.72. The first-order chi connectivity index (χ1) is 15.6. The molecule has 10 nitrogen and oxygen atoms in total. The molecule has 0 heterocycles. The molecular weight excluding hydrogens is 446 g/mol. The molecule has 0 amide bonds. The van der Waals surface area contributed by atoms with E-state index in [1.807, 2.05) is 13.8 Å². The van der Waals surface area contributed by atoms with E-state index in [1.165, 1.54) is 38.5 Å². The molecule has 3 rings (SSSR count). The van der Waals surface area contributed by atoms with E-state index in [9.17, 15) is 8.42 Å². The van der Waals surface area contributed by atoms with Crippen LogP contribution in [0.5, 0.6) is 11.5 Å². The highest BCUT2D eigenvalue weighted by molar-refractivity contribution is 7.85. The Kier molecular flexibility index (Phi) is 7.04. The number of azo groups is 2. The molecule has 0 radical (unpaired) electrons. The standard InChI is InChI=1S/C22H23N5O5S/c1-13-9-17(23)21(31-3)11-18(13)26-27-20-10-14(2)19(12-22(20)32-4)25-24-15-5-7-16(8-6-15)33(28,29)30/h5-12H,23H2,1-4H3,(H,28,29,30). The number of nitrogens with two attached hydrogens (primary N) is 1. The maximum atomic E-state index is 11.1. The third kappa shape index (κ3) is 5.70. The second-order valence-corrected chi connectivity index (χ2v) is 8.48. The van der Waals surface area contributed by atoms with Crippen LogP contribution in [-0.2, 0) is 10.1 Å². The normalized spacial score (nSPS) is 11.9. The number of hydrogen-bond acceptors (Lipinski definition) is 9. The number of aryl methyl sites for hydroxylation is 2. The SMILES string of the molecule is COc1cc(N=Nc2cc(C)c(N=Nc3ccc(S(=O)(=O)O)cc3)cc2OC)c(C)cc1N. The average Bonchev–Trinajstić information content (AvgIpc) is 2.77. The smallest absolute Gasteiger partial charge is 0.294 e. The average molecular weight is 470 g/mol. The van der Waals surface area contributed by atoms with Gasteiger partial charge in [-0.3, -0.25) is 4.55 Å².